The number of hydrogen-bond donors (Lipinski definition) is 1. The summed E-state index contributed by atoms with van der Waals surface area (Å²) in [6, 6.07) is 5.57. The summed E-state index contributed by atoms with van der Waals surface area (Å²) in [7, 11) is -1.90. The van der Waals surface area contributed by atoms with Crippen LogP contribution >= 0.6 is 0 Å². The predicted octanol–water partition coefficient (Wildman–Crippen LogP) is 1.89. The van der Waals surface area contributed by atoms with E-state index < -0.39 is 21.2 Å². The Morgan fingerprint density at radius 3 is 2.67 bits per heavy atom. The maximum absolute atomic E-state index is 13.1. The van der Waals surface area contributed by atoms with Crippen molar-refractivity contribution >= 4 is 10.0 Å². The number of aryl methyl sites for hydroxylation is 2. The normalized spacial score (nSPS) is 28.4. The zero-order valence-electron chi connectivity index (χ0n) is 15.9. The Balaban J connectivity index is 1.47. The van der Waals surface area contributed by atoms with Crippen molar-refractivity contribution in [2.45, 2.75) is 61.0 Å². The fourth-order valence-corrected chi connectivity index (χ4v) is 6.39. The second-order valence-electron chi connectivity index (χ2n) is 8.30. The van der Waals surface area contributed by atoms with Crippen molar-refractivity contribution in [2.24, 2.45) is 0 Å². The Morgan fingerprint density at radius 2 is 1.93 bits per heavy atom. The Kier molecular flexibility index (Phi) is 5.10. The van der Waals surface area contributed by atoms with E-state index >= 15 is 0 Å². The van der Waals surface area contributed by atoms with Crippen LogP contribution in [0, 0.1) is 0 Å². The van der Waals surface area contributed by atoms with Crippen molar-refractivity contribution in [3.8, 4) is 0 Å². The van der Waals surface area contributed by atoms with Crippen LogP contribution in [0.3, 0.4) is 0 Å². The molecule has 0 radical (unpaired) electrons. The lowest BCUT2D eigenvalue weighted by Crippen LogP contribution is -2.56. The molecule has 2 fully saturated rings. The molecular weight excluding hydrogens is 366 g/mol. The van der Waals surface area contributed by atoms with Crippen LogP contribution in [0.4, 0.5) is 0 Å². The molecule has 4 rings (SSSR count). The van der Waals surface area contributed by atoms with Crippen molar-refractivity contribution in [2.75, 3.05) is 33.4 Å². The van der Waals surface area contributed by atoms with Crippen LogP contribution in [0.2, 0.25) is 0 Å². The predicted molar refractivity (Wildman–Crippen MR) is 101 cm³/mol. The average molecular weight is 396 g/mol. The number of aliphatic hydroxyl groups is 1. The minimum Gasteiger partial charge on any atom is -0.387 e. The van der Waals surface area contributed by atoms with E-state index in [0.717, 1.165) is 19.3 Å². The van der Waals surface area contributed by atoms with Gasteiger partial charge in [0.25, 0.3) is 0 Å². The molecule has 1 spiro atoms. The van der Waals surface area contributed by atoms with Gasteiger partial charge < -0.3 is 14.6 Å². The van der Waals surface area contributed by atoms with E-state index in [1.807, 2.05) is 12.1 Å². The van der Waals surface area contributed by atoms with Crippen molar-refractivity contribution in [1.29, 1.82) is 0 Å². The van der Waals surface area contributed by atoms with Crippen LogP contribution in [0.25, 0.3) is 0 Å². The Bertz CT molecular complexity index is 797. The first-order valence-electron chi connectivity index (χ1n) is 9.83. The lowest BCUT2D eigenvalue weighted by atomic mass is 9.77. The van der Waals surface area contributed by atoms with Gasteiger partial charge >= 0.3 is 0 Å². The van der Waals surface area contributed by atoms with Crippen LogP contribution in [0.5, 0.6) is 0 Å². The largest absolute Gasteiger partial charge is 0.387 e. The molecule has 2 saturated heterocycles. The summed E-state index contributed by atoms with van der Waals surface area (Å²) in [4.78, 5) is 0.402. The molecule has 0 aromatic heterocycles. The van der Waals surface area contributed by atoms with E-state index in [-0.39, 0.29) is 6.61 Å². The maximum Gasteiger partial charge on any atom is 0.243 e. The van der Waals surface area contributed by atoms with Crippen molar-refractivity contribution in [3.63, 3.8) is 0 Å². The van der Waals surface area contributed by atoms with Gasteiger partial charge in [-0.3, -0.25) is 0 Å². The van der Waals surface area contributed by atoms with Crippen molar-refractivity contribution < 1.29 is 23.0 Å². The fraction of sp³-hybridized carbons (Fsp3) is 0.700. The molecule has 0 amide bonds. The van der Waals surface area contributed by atoms with Gasteiger partial charge in [-0.25, -0.2) is 8.42 Å². The standard InChI is InChI=1S/C20H29NO5S/c1-25-15-19(22)9-12-26-20(14-19)7-10-21(11-8-20)27(23,24)18-6-5-16-3-2-4-17(16)13-18/h5-6,13,22H,2-4,7-12,14-15H2,1H3. The number of methoxy groups -OCH3 is 1. The highest BCUT2D eigenvalue weighted by Gasteiger charge is 2.47. The number of benzene rings is 1. The summed E-state index contributed by atoms with van der Waals surface area (Å²) in [5.41, 5.74) is 1.12. The van der Waals surface area contributed by atoms with Gasteiger partial charge in [0.2, 0.25) is 10.0 Å². The molecule has 6 nitrogen and oxygen atoms in total. The quantitative estimate of drug-likeness (QED) is 0.843. The fourth-order valence-electron chi connectivity index (χ4n) is 4.90. The van der Waals surface area contributed by atoms with E-state index in [0.29, 0.717) is 50.3 Å². The van der Waals surface area contributed by atoms with E-state index in [1.165, 1.54) is 11.1 Å². The van der Waals surface area contributed by atoms with E-state index in [1.54, 1.807) is 17.5 Å². The van der Waals surface area contributed by atoms with E-state index in [4.69, 9.17) is 9.47 Å². The van der Waals surface area contributed by atoms with Gasteiger partial charge in [0, 0.05) is 33.0 Å². The van der Waals surface area contributed by atoms with Gasteiger partial charge in [-0.05, 0) is 55.4 Å². The molecule has 1 N–H and O–H groups in total. The van der Waals surface area contributed by atoms with Crippen LogP contribution in [0.1, 0.15) is 43.2 Å². The lowest BCUT2D eigenvalue weighted by Gasteiger charge is -2.48. The summed E-state index contributed by atoms with van der Waals surface area (Å²) in [5.74, 6) is 0. The molecule has 150 valence electrons. The molecule has 1 aliphatic carbocycles. The van der Waals surface area contributed by atoms with Gasteiger partial charge in [0.1, 0.15) is 0 Å². The maximum atomic E-state index is 13.1. The Hall–Kier alpha value is -0.990. The number of rotatable bonds is 4. The highest BCUT2D eigenvalue weighted by Crippen LogP contribution is 2.40. The third-order valence-electron chi connectivity index (χ3n) is 6.38. The second kappa shape index (κ2) is 7.12. The number of piperidine rings is 1. The smallest absolute Gasteiger partial charge is 0.243 e. The molecule has 27 heavy (non-hydrogen) atoms. The average Bonchev–Trinajstić information content (AvgIpc) is 3.09. The Morgan fingerprint density at radius 1 is 1.19 bits per heavy atom. The highest BCUT2D eigenvalue weighted by atomic mass is 32.2. The Labute approximate surface area is 161 Å². The number of fused-ring (bicyclic) bond motifs is 1. The molecule has 7 heteroatoms. The minimum absolute atomic E-state index is 0.287. The molecule has 1 aromatic carbocycles. The summed E-state index contributed by atoms with van der Waals surface area (Å²) >= 11 is 0. The van der Waals surface area contributed by atoms with E-state index in [9.17, 15) is 13.5 Å². The van der Waals surface area contributed by atoms with Gasteiger partial charge in [-0.2, -0.15) is 4.31 Å². The van der Waals surface area contributed by atoms with Crippen LogP contribution < -0.4 is 0 Å². The lowest BCUT2D eigenvalue weighted by molar-refractivity contribution is -0.188. The topological polar surface area (TPSA) is 76.1 Å². The molecule has 1 unspecified atom stereocenters. The first-order chi connectivity index (χ1) is 12.9. The second-order valence-corrected chi connectivity index (χ2v) is 10.2. The number of nitrogens with zero attached hydrogens (tertiary/aromatic N) is 1. The molecule has 0 saturated carbocycles. The number of hydrogen-bond acceptors (Lipinski definition) is 5. The third-order valence-corrected chi connectivity index (χ3v) is 8.28. The summed E-state index contributed by atoms with van der Waals surface area (Å²) in [6.45, 7) is 1.61. The summed E-state index contributed by atoms with van der Waals surface area (Å²) in [6.07, 6.45) is 5.37. The summed E-state index contributed by atoms with van der Waals surface area (Å²) in [5, 5.41) is 10.7. The molecule has 2 aliphatic heterocycles. The van der Waals surface area contributed by atoms with Gasteiger partial charge in [0.05, 0.1) is 29.3 Å². The third kappa shape index (κ3) is 3.68. The SMILES string of the molecule is COCC1(O)CCOC2(CCN(S(=O)(=O)c3ccc4c(c3)CCC4)CC2)C1. The molecule has 0 bridgehead atoms. The van der Waals surface area contributed by atoms with Gasteiger partial charge in [-0.15, -0.1) is 0 Å². The summed E-state index contributed by atoms with van der Waals surface area (Å²) < 4.78 is 39.0. The van der Waals surface area contributed by atoms with Crippen LogP contribution in [-0.4, -0.2) is 62.4 Å². The first-order valence-corrected chi connectivity index (χ1v) is 11.3. The van der Waals surface area contributed by atoms with E-state index in [2.05, 4.69) is 0 Å². The number of sulfonamides is 1. The minimum atomic E-state index is -3.49. The first kappa shape index (κ1) is 19.3. The van der Waals surface area contributed by atoms with Crippen molar-refractivity contribution in [1.82, 2.24) is 4.31 Å². The van der Waals surface area contributed by atoms with Crippen molar-refractivity contribution in [3.05, 3.63) is 29.3 Å². The van der Waals surface area contributed by atoms with Crippen LogP contribution in [0.15, 0.2) is 23.1 Å². The van der Waals surface area contributed by atoms with Crippen LogP contribution in [-0.2, 0) is 32.3 Å². The van der Waals surface area contributed by atoms with Gasteiger partial charge in [-0.1, -0.05) is 6.07 Å². The molecule has 1 atom stereocenters. The molecule has 1 aromatic rings. The molecule has 3 aliphatic rings. The monoisotopic (exact) mass is 395 g/mol. The number of ether oxygens (including phenoxy) is 2. The highest BCUT2D eigenvalue weighted by molar-refractivity contribution is 7.89. The molecule has 2 heterocycles. The molecular formula is C20H29NO5S. The van der Waals surface area contributed by atoms with Gasteiger partial charge in [0.15, 0.2) is 0 Å². The zero-order valence-corrected chi connectivity index (χ0v) is 16.8. The zero-order chi connectivity index (χ0) is 19.1.